The van der Waals surface area contributed by atoms with Gasteiger partial charge in [-0.05, 0) is 112 Å². The van der Waals surface area contributed by atoms with Crippen molar-refractivity contribution in [3.8, 4) is 0 Å². The van der Waals surface area contributed by atoms with Gasteiger partial charge in [-0.25, -0.2) is 0 Å². The number of nitrogens with zero attached hydrogens (tertiary/aromatic N) is 3. The molecule has 2 atom stereocenters. The van der Waals surface area contributed by atoms with Crippen molar-refractivity contribution < 1.29 is 37.4 Å². The first-order valence-corrected chi connectivity index (χ1v) is 33.1. The zero-order valence-corrected chi connectivity index (χ0v) is 48.3. The second-order valence-electron chi connectivity index (χ2n) is 22.4. The highest BCUT2D eigenvalue weighted by Crippen LogP contribution is 2.39. The van der Waals surface area contributed by atoms with Crippen LogP contribution in [0.25, 0.3) is 0 Å². The Morgan fingerprint density at radius 3 is 1.35 bits per heavy atom. The van der Waals surface area contributed by atoms with E-state index in [-0.39, 0.29) is 40.2 Å². The lowest BCUT2D eigenvalue weighted by molar-refractivity contribution is -0.146. The summed E-state index contributed by atoms with van der Waals surface area (Å²) in [6.45, 7) is 41.2. The molecule has 1 aliphatic heterocycles. The largest absolute Gasteiger partial charge is 0.465 e. The van der Waals surface area contributed by atoms with Crippen molar-refractivity contribution in [1.82, 2.24) is 14.7 Å². The maximum absolute atomic E-state index is 13.2. The van der Waals surface area contributed by atoms with Crippen LogP contribution in [0.5, 0.6) is 0 Å². The minimum atomic E-state index is -2.17. The molecule has 0 spiro atoms. The Morgan fingerprint density at radius 1 is 0.561 bits per heavy atom. The van der Waals surface area contributed by atoms with Gasteiger partial charge in [0, 0.05) is 65.1 Å². The van der Waals surface area contributed by atoms with E-state index in [1.54, 1.807) is 0 Å². The topological polar surface area (TPSA) is 107 Å². The van der Waals surface area contributed by atoms with Crippen molar-refractivity contribution in [1.29, 1.82) is 0 Å². The number of ether oxygens (including phenoxy) is 3. The van der Waals surface area contributed by atoms with Gasteiger partial charge in [0.05, 0.1) is 25.4 Å². The molecular formula is C52H105N3O8SSi2. The molecule has 390 valence electrons. The summed E-state index contributed by atoms with van der Waals surface area (Å²) >= 11 is 4.35. The molecule has 14 heteroatoms. The molecule has 0 N–H and O–H groups in total. The van der Waals surface area contributed by atoms with E-state index in [0.29, 0.717) is 77.0 Å². The van der Waals surface area contributed by atoms with Crippen LogP contribution in [-0.2, 0) is 37.4 Å². The maximum atomic E-state index is 13.2. The van der Waals surface area contributed by atoms with E-state index < -0.39 is 16.6 Å². The number of rotatable bonds is 37. The number of hydrogen-bond acceptors (Lipinski definition) is 12. The molecule has 1 rings (SSSR count). The number of thiol groups is 1. The van der Waals surface area contributed by atoms with Gasteiger partial charge in [-0.3, -0.25) is 24.2 Å². The molecule has 1 saturated heterocycles. The van der Waals surface area contributed by atoms with Gasteiger partial charge in [0.2, 0.25) is 0 Å². The lowest BCUT2D eigenvalue weighted by Gasteiger charge is -2.42. The van der Waals surface area contributed by atoms with E-state index in [2.05, 4.69) is 123 Å². The number of hydrogen-bond donors (Lipinski definition) is 1. The predicted molar refractivity (Wildman–Crippen MR) is 284 cm³/mol. The summed E-state index contributed by atoms with van der Waals surface area (Å²) in [5, 5.41) is 0.0586. The Kier molecular flexibility index (Phi) is 32.0. The lowest BCUT2D eigenvalue weighted by atomic mass is 10.1. The van der Waals surface area contributed by atoms with E-state index in [9.17, 15) is 14.4 Å². The number of unbranched alkanes of at least 4 members (excludes halogenated alkanes) is 3. The van der Waals surface area contributed by atoms with Crippen LogP contribution < -0.4 is 0 Å². The quantitative estimate of drug-likeness (QED) is 0.0211. The van der Waals surface area contributed by atoms with Gasteiger partial charge >= 0.3 is 17.9 Å². The highest BCUT2D eigenvalue weighted by molar-refractivity contribution is 7.80. The molecule has 0 bridgehead atoms. The van der Waals surface area contributed by atoms with Gasteiger partial charge in [0.25, 0.3) is 0 Å². The van der Waals surface area contributed by atoms with Crippen molar-refractivity contribution in [2.24, 2.45) is 11.8 Å². The molecule has 0 amide bonds. The van der Waals surface area contributed by atoms with Gasteiger partial charge in [-0.1, -0.05) is 108 Å². The minimum Gasteiger partial charge on any atom is -0.465 e. The highest BCUT2D eigenvalue weighted by atomic mass is 32.1. The minimum absolute atomic E-state index is 0.0293. The van der Waals surface area contributed by atoms with Crippen LogP contribution in [0.2, 0.25) is 36.3 Å². The fraction of sp³-hybridized carbons (Fsp3) is 0.942. The average Bonchev–Trinajstić information content (AvgIpc) is 3.24. The van der Waals surface area contributed by atoms with Crippen LogP contribution in [-0.4, -0.2) is 146 Å². The Morgan fingerprint density at radius 2 is 0.955 bits per heavy atom. The lowest BCUT2D eigenvalue weighted by Crippen LogP contribution is -2.50. The van der Waals surface area contributed by atoms with Crippen LogP contribution in [0, 0.1) is 11.8 Å². The van der Waals surface area contributed by atoms with Crippen molar-refractivity contribution >= 4 is 47.2 Å². The number of esters is 3. The fourth-order valence-corrected chi connectivity index (χ4v) is 10.8. The first-order chi connectivity index (χ1) is 31.0. The Labute approximate surface area is 414 Å². The van der Waals surface area contributed by atoms with Crippen LogP contribution >= 0.6 is 12.6 Å². The van der Waals surface area contributed by atoms with Crippen LogP contribution in [0.3, 0.4) is 0 Å². The fourth-order valence-electron chi connectivity index (χ4n) is 7.78. The number of piperazine rings is 1. The molecule has 11 nitrogen and oxygen atoms in total. The summed E-state index contributed by atoms with van der Waals surface area (Å²) in [6.07, 6.45) is 13.1. The summed E-state index contributed by atoms with van der Waals surface area (Å²) in [7, 11) is -4.34. The molecule has 0 aromatic rings. The van der Waals surface area contributed by atoms with Crippen molar-refractivity contribution in [3.05, 3.63) is 0 Å². The Bertz CT molecular complexity index is 1230. The van der Waals surface area contributed by atoms with Crippen molar-refractivity contribution in [2.45, 2.75) is 220 Å². The standard InChI is InChI=1S/C52H105N3O8SSi2/c1-15-44(16-2)42-60-49(57)28-21-19-26-46(62-65(11,12)51(5,6)7)40-55(32-25-30-48(56)59-38-37-54-35-33-53(34-36-54)31-23-24-39-64)41-47(63-66(13,14)52(8,9)10)27-20-22-29-50(58)61-43-45(17-3)18-4/h44-47,64H,15-43H2,1-14H3. The zero-order chi connectivity index (χ0) is 49.8. The molecule has 1 fully saturated rings. The van der Waals surface area contributed by atoms with Crippen LogP contribution in [0.4, 0.5) is 0 Å². The first-order valence-electron chi connectivity index (χ1n) is 26.6. The number of carbonyl (C=O) groups excluding carboxylic acids is 3. The first kappa shape index (κ1) is 63.0. The molecule has 66 heavy (non-hydrogen) atoms. The highest BCUT2D eigenvalue weighted by Gasteiger charge is 2.41. The van der Waals surface area contributed by atoms with E-state index >= 15 is 0 Å². The van der Waals surface area contributed by atoms with Gasteiger partial charge < -0.3 is 28.0 Å². The van der Waals surface area contributed by atoms with Crippen LogP contribution in [0.1, 0.15) is 172 Å². The third kappa shape index (κ3) is 27.4. The molecule has 0 aromatic carbocycles. The Hall–Kier alpha value is -1.01. The molecule has 1 aliphatic rings. The SMILES string of the molecule is CCC(CC)COC(=O)CCCCC(CN(CCCC(=O)OCCN1CCN(CCCCS)CC1)CC(CCCCC(=O)OCC(CC)CC)O[Si](C)(C)C(C)(C)C)O[Si](C)(C)C(C)(C)C. The Balaban J connectivity index is 3.21. The van der Waals surface area contributed by atoms with E-state index in [1.165, 1.54) is 6.42 Å². The zero-order valence-electron chi connectivity index (χ0n) is 45.4. The second kappa shape index (κ2) is 33.6. The third-order valence-electron chi connectivity index (χ3n) is 14.9. The molecule has 1 heterocycles. The summed E-state index contributed by atoms with van der Waals surface area (Å²) in [5.41, 5.74) is 0. The van der Waals surface area contributed by atoms with Gasteiger partial charge in [0.1, 0.15) is 6.61 Å². The molecule has 0 radical (unpaired) electrons. The summed E-state index contributed by atoms with van der Waals surface area (Å²) < 4.78 is 31.6. The van der Waals surface area contributed by atoms with Crippen molar-refractivity contribution in [2.75, 3.05) is 84.5 Å². The van der Waals surface area contributed by atoms with E-state index in [1.807, 2.05) is 0 Å². The van der Waals surface area contributed by atoms with Crippen molar-refractivity contribution in [3.63, 3.8) is 0 Å². The molecular weight excluding hydrogens is 883 g/mol. The molecule has 0 saturated carbocycles. The van der Waals surface area contributed by atoms with Gasteiger partial charge in [0.15, 0.2) is 16.6 Å². The molecule has 0 aromatic heterocycles. The van der Waals surface area contributed by atoms with Gasteiger partial charge in [-0.15, -0.1) is 0 Å². The van der Waals surface area contributed by atoms with Gasteiger partial charge in [-0.2, -0.15) is 12.6 Å². The summed E-state index contributed by atoms with van der Waals surface area (Å²) in [4.78, 5) is 46.1. The normalized spacial score (nSPS) is 15.7. The summed E-state index contributed by atoms with van der Waals surface area (Å²) in [6, 6.07) is 0. The van der Waals surface area contributed by atoms with E-state index in [0.717, 1.165) is 116 Å². The predicted octanol–water partition coefficient (Wildman–Crippen LogP) is 11.8. The number of carbonyl (C=O) groups is 3. The molecule has 2 unspecified atom stereocenters. The average molecular weight is 989 g/mol. The van der Waals surface area contributed by atoms with Crippen LogP contribution in [0.15, 0.2) is 0 Å². The second-order valence-corrected chi connectivity index (χ2v) is 32.4. The summed E-state index contributed by atoms with van der Waals surface area (Å²) in [5.74, 6) is 1.41. The third-order valence-corrected chi connectivity index (χ3v) is 24.3. The molecule has 0 aliphatic carbocycles. The van der Waals surface area contributed by atoms with E-state index in [4.69, 9.17) is 23.1 Å². The smallest absolute Gasteiger partial charge is 0.305 e. The monoisotopic (exact) mass is 988 g/mol. The maximum Gasteiger partial charge on any atom is 0.305 e.